The zero-order valence-electron chi connectivity index (χ0n) is 9.86. The van der Waals surface area contributed by atoms with E-state index in [0.29, 0.717) is 18.7 Å². The molecular formula is C12H13F2N3O. The lowest BCUT2D eigenvalue weighted by Gasteiger charge is -1.99. The Morgan fingerprint density at radius 2 is 1.94 bits per heavy atom. The van der Waals surface area contributed by atoms with Gasteiger partial charge in [0, 0.05) is 24.1 Å². The molecule has 1 aromatic carbocycles. The average Bonchev–Trinajstić information content (AvgIpc) is 2.73. The standard InChI is InChI=1S/C12H13F2N3O/c1-7(15)2-3-11-16-12(17-18-11)8-4-9(13)6-10(14)5-8/h4-7H,2-3,15H2,1H3. The zero-order chi connectivity index (χ0) is 13.1. The Balaban J connectivity index is 2.18. The van der Waals surface area contributed by atoms with Gasteiger partial charge in [0.2, 0.25) is 11.7 Å². The van der Waals surface area contributed by atoms with Crippen LogP contribution in [0.25, 0.3) is 11.4 Å². The number of halogens is 2. The fourth-order valence-electron chi connectivity index (χ4n) is 1.51. The van der Waals surface area contributed by atoms with Gasteiger partial charge in [-0.1, -0.05) is 5.16 Å². The fraction of sp³-hybridized carbons (Fsp3) is 0.333. The number of hydrogen-bond donors (Lipinski definition) is 1. The molecule has 1 aromatic heterocycles. The van der Waals surface area contributed by atoms with Crippen LogP contribution in [-0.4, -0.2) is 16.2 Å². The molecule has 1 heterocycles. The van der Waals surface area contributed by atoms with E-state index in [1.807, 2.05) is 6.92 Å². The molecule has 0 bridgehead atoms. The molecule has 0 saturated carbocycles. The Bertz CT molecular complexity index is 520. The molecule has 6 heteroatoms. The van der Waals surface area contributed by atoms with Crippen LogP contribution in [0.2, 0.25) is 0 Å². The van der Waals surface area contributed by atoms with Gasteiger partial charge in [-0.05, 0) is 25.5 Å². The Hall–Kier alpha value is -1.82. The summed E-state index contributed by atoms with van der Waals surface area (Å²) in [6, 6.07) is 3.14. The van der Waals surface area contributed by atoms with Crippen LogP contribution < -0.4 is 5.73 Å². The van der Waals surface area contributed by atoms with Crippen molar-refractivity contribution < 1.29 is 13.3 Å². The largest absolute Gasteiger partial charge is 0.339 e. The quantitative estimate of drug-likeness (QED) is 0.907. The zero-order valence-corrected chi connectivity index (χ0v) is 9.86. The molecular weight excluding hydrogens is 240 g/mol. The number of hydrogen-bond acceptors (Lipinski definition) is 4. The minimum Gasteiger partial charge on any atom is -0.339 e. The normalized spacial score (nSPS) is 12.7. The van der Waals surface area contributed by atoms with Crippen molar-refractivity contribution in [1.29, 1.82) is 0 Å². The molecule has 0 aliphatic carbocycles. The number of rotatable bonds is 4. The van der Waals surface area contributed by atoms with Gasteiger partial charge in [0.15, 0.2) is 0 Å². The molecule has 2 N–H and O–H groups in total. The maximum Gasteiger partial charge on any atom is 0.227 e. The highest BCUT2D eigenvalue weighted by atomic mass is 19.1. The van der Waals surface area contributed by atoms with Crippen molar-refractivity contribution in [3.63, 3.8) is 0 Å². The van der Waals surface area contributed by atoms with Crippen LogP contribution in [0.5, 0.6) is 0 Å². The summed E-state index contributed by atoms with van der Waals surface area (Å²) in [6.07, 6.45) is 1.25. The Morgan fingerprint density at radius 3 is 2.56 bits per heavy atom. The summed E-state index contributed by atoms with van der Waals surface area (Å²) in [5, 5.41) is 3.69. The van der Waals surface area contributed by atoms with Crippen LogP contribution >= 0.6 is 0 Å². The van der Waals surface area contributed by atoms with Crippen LogP contribution in [0.1, 0.15) is 19.2 Å². The molecule has 1 unspecified atom stereocenters. The molecule has 96 valence electrons. The summed E-state index contributed by atoms with van der Waals surface area (Å²) in [5.41, 5.74) is 5.86. The van der Waals surface area contributed by atoms with Crippen molar-refractivity contribution in [3.8, 4) is 11.4 Å². The maximum absolute atomic E-state index is 13.0. The van der Waals surface area contributed by atoms with Crippen molar-refractivity contribution in [3.05, 3.63) is 35.7 Å². The molecule has 0 radical (unpaired) electrons. The first kappa shape index (κ1) is 12.6. The second-order valence-electron chi connectivity index (χ2n) is 4.19. The molecule has 4 nitrogen and oxygen atoms in total. The van der Waals surface area contributed by atoms with Gasteiger partial charge in [-0.25, -0.2) is 8.78 Å². The molecule has 0 aliphatic heterocycles. The van der Waals surface area contributed by atoms with Crippen molar-refractivity contribution in [2.24, 2.45) is 5.73 Å². The lowest BCUT2D eigenvalue weighted by Crippen LogP contribution is -2.15. The van der Waals surface area contributed by atoms with Crippen molar-refractivity contribution in [2.75, 3.05) is 0 Å². The molecule has 0 spiro atoms. The smallest absolute Gasteiger partial charge is 0.227 e. The number of aryl methyl sites for hydroxylation is 1. The molecule has 2 rings (SSSR count). The van der Waals surface area contributed by atoms with Crippen LogP contribution in [-0.2, 0) is 6.42 Å². The van der Waals surface area contributed by atoms with E-state index in [2.05, 4.69) is 10.1 Å². The summed E-state index contributed by atoms with van der Waals surface area (Å²) in [5.74, 6) is -0.765. The Kier molecular flexibility index (Phi) is 3.66. The molecule has 18 heavy (non-hydrogen) atoms. The number of nitrogens with two attached hydrogens (primary N) is 1. The average molecular weight is 253 g/mol. The van der Waals surface area contributed by atoms with E-state index in [0.717, 1.165) is 18.2 Å². The van der Waals surface area contributed by atoms with E-state index >= 15 is 0 Å². The molecule has 0 saturated heterocycles. The summed E-state index contributed by atoms with van der Waals surface area (Å²) >= 11 is 0. The van der Waals surface area contributed by atoms with Crippen LogP contribution in [0.4, 0.5) is 8.78 Å². The van der Waals surface area contributed by atoms with E-state index in [4.69, 9.17) is 10.3 Å². The van der Waals surface area contributed by atoms with Crippen LogP contribution in [0.15, 0.2) is 22.7 Å². The predicted octanol–water partition coefficient (Wildman–Crippen LogP) is 2.29. The fourth-order valence-corrected chi connectivity index (χ4v) is 1.51. The minimum absolute atomic E-state index is 0.0342. The monoisotopic (exact) mass is 253 g/mol. The van der Waals surface area contributed by atoms with Gasteiger partial charge < -0.3 is 10.3 Å². The SMILES string of the molecule is CC(N)CCc1nc(-c2cc(F)cc(F)c2)no1. The summed E-state index contributed by atoms with van der Waals surface area (Å²) < 4.78 is 31.1. The summed E-state index contributed by atoms with van der Waals surface area (Å²) in [6.45, 7) is 1.87. The lowest BCUT2D eigenvalue weighted by molar-refractivity contribution is 0.372. The predicted molar refractivity (Wildman–Crippen MR) is 61.6 cm³/mol. The summed E-state index contributed by atoms with van der Waals surface area (Å²) in [7, 11) is 0. The minimum atomic E-state index is -0.674. The van der Waals surface area contributed by atoms with Gasteiger partial charge in [-0.3, -0.25) is 0 Å². The van der Waals surface area contributed by atoms with E-state index < -0.39 is 11.6 Å². The van der Waals surface area contributed by atoms with Crippen LogP contribution in [0, 0.1) is 11.6 Å². The second-order valence-corrected chi connectivity index (χ2v) is 4.19. The van der Waals surface area contributed by atoms with Crippen molar-refractivity contribution in [1.82, 2.24) is 10.1 Å². The molecule has 0 aliphatic rings. The lowest BCUT2D eigenvalue weighted by atomic mass is 10.2. The number of aromatic nitrogens is 2. The summed E-state index contributed by atoms with van der Waals surface area (Å²) in [4.78, 5) is 4.07. The highest BCUT2D eigenvalue weighted by molar-refractivity contribution is 5.54. The van der Waals surface area contributed by atoms with E-state index in [1.54, 1.807) is 0 Å². The first-order valence-electron chi connectivity index (χ1n) is 5.59. The third-order valence-corrected chi connectivity index (χ3v) is 2.40. The van der Waals surface area contributed by atoms with E-state index in [-0.39, 0.29) is 17.4 Å². The van der Waals surface area contributed by atoms with Crippen molar-refractivity contribution in [2.45, 2.75) is 25.8 Å². The number of benzene rings is 1. The van der Waals surface area contributed by atoms with E-state index in [9.17, 15) is 8.78 Å². The van der Waals surface area contributed by atoms with Gasteiger partial charge in [0.05, 0.1) is 0 Å². The van der Waals surface area contributed by atoms with Gasteiger partial charge >= 0.3 is 0 Å². The maximum atomic E-state index is 13.0. The molecule has 2 aromatic rings. The van der Waals surface area contributed by atoms with Crippen LogP contribution in [0.3, 0.4) is 0 Å². The Labute approximate surface area is 103 Å². The highest BCUT2D eigenvalue weighted by Crippen LogP contribution is 2.19. The second kappa shape index (κ2) is 5.22. The Morgan fingerprint density at radius 1 is 1.28 bits per heavy atom. The molecule has 1 atom stereocenters. The molecule has 0 amide bonds. The van der Waals surface area contributed by atoms with E-state index in [1.165, 1.54) is 0 Å². The van der Waals surface area contributed by atoms with Gasteiger partial charge in [-0.2, -0.15) is 4.98 Å². The van der Waals surface area contributed by atoms with Gasteiger partial charge in [0.25, 0.3) is 0 Å². The first-order valence-corrected chi connectivity index (χ1v) is 5.59. The topological polar surface area (TPSA) is 64.9 Å². The third-order valence-electron chi connectivity index (χ3n) is 2.40. The first-order chi connectivity index (χ1) is 8.54. The highest BCUT2D eigenvalue weighted by Gasteiger charge is 2.11. The number of nitrogens with zero attached hydrogens (tertiary/aromatic N) is 2. The van der Waals surface area contributed by atoms with Gasteiger partial charge in [0.1, 0.15) is 11.6 Å². The molecule has 0 fully saturated rings. The third kappa shape index (κ3) is 3.10. The van der Waals surface area contributed by atoms with Gasteiger partial charge in [-0.15, -0.1) is 0 Å². The van der Waals surface area contributed by atoms with Crippen molar-refractivity contribution >= 4 is 0 Å².